The number of nitrogens with zero attached hydrogens (tertiary/aromatic N) is 1. The van der Waals surface area contributed by atoms with Crippen molar-refractivity contribution in [3.63, 3.8) is 0 Å². The average Bonchev–Trinajstić information content (AvgIpc) is 2.13. The molecule has 1 aliphatic heterocycles. The third kappa shape index (κ3) is 3.76. The quantitative estimate of drug-likeness (QED) is 0.832. The molecule has 1 fully saturated rings. The normalized spacial score (nSPS) is 26.1. The van der Waals surface area contributed by atoms with Crippen LogP contribution in [0.4, 0.5) is 4.39 Å². The average molecular weight is 302 g/mol. The van der Waals surface area contributed by atoms with E-state index in [-0.39, 0.29) is 18.0 Å². The van der Waals surface area contributed by atoms with Crippen molar-refractivity contribution in [3.05, 3.63) is 34.1 Å². The van der Waals surface area contributed by atoms with Crippen LogP contribution in [0.5, 0.6) is 0 Å². The standard InChI is InChI=1S/C13H17BrFNO/c1-9-6-16(7-10(2)17-9)8-11-3-12(14)5-13(15)4-11/h3-5,9-10H,6-8H2,1-2H3. The minimum Gasteiger partial charge on any atom is -0.373 e. The summed E-state index contributed by atoms with van der Waals surface area (Å²) in [5, 5.41) is 0. The van der Waals surface area contributed by atoms with E-state index in [4.69, 9.17) is 4.74 Å². The molecule has 2 atom stereocenters. The van der Waals surface area contributed by atoms with E-state index in [0.717, 1.165) is 29.7 Å². The lowest BCUT2D eigenvalue weighted by molar-refractivity contribution is -0.0705. The molecule has 94 valence electrons. The summed E-state index contributed by atoms with van der Waals surface area (Å²) >= 11 is 3.32. The highest BCUT2D eigenvalue weighted by atomic mass is 79.9. The fourth-order valence-electron chi connectivity index (χ4n) is 2.37. The lowest BCUT2D eigenvalue weighted by Crippen LogP contribution is -2.44. The van der Waals surface area contributed by atoms with Crippen molar-refractivity contribution in [1.29, 1.82) is 0 Å². The summed E-state index contributed by atoms with van der Waals surface area (Å²) in [5.41, 5.74) is 0.998. The van der Waals surface area contributed by atoms with Gasteiger partial charge in [-0.1, -0.05) is 15.9 Å². The monoisotopic (exact) mass is 301 g/mol. The van der Waals surface area contributed by atoms with Gasteiger partial charge in [0.1, 0.15) is 5.82 Å². The summed E-state index contributed by atoms with van der Waals surface area (Å²) in [7, 11) is 0. The van der Waals surface area contributed by atoms with Crippen LogP contribution in [-0.4, -0.2) is 30.2 Å². The van der Waals surface area contributed by atoms with Crippen molar-refractivity contribution in [3.8, 4) is 0 Å². The van der Waals surface area contributed by atoms with Crippen LogP contribution < -0.4 is 0 Å². The smallest absolute Gasteiger partial charge is 0.124 e. The second kappa shape index (κ2) is 5.46. The van der Waals surface area contributed by atoms with Gasteiger partial charge in [0, 0.05) is 24.1 Å². The minimum absolute atomic E-state index is 0.191. The van der Waals surface area contributed by atoms with Crippen molar-refractivity contribution >= 4 is 15.9 Å². The van der Waals surface area contributed by atoms with E-state index in [1.807, 2.05) is 6.07 Å². The lowest BCUT2D eigenvalue weighted by Gasteiger charge is -2.35. The van der Waals surface area contributed by atoms with Crippen molar-refractivity contribution in [1.82, 2.24) is 4.90 Å². The van der Waals surface area contributed by atoms with E-state index >= 15 is 0 Å². The van der Waals surface area contributed by atoms with Crippen LogP contribution in [0, 0.1) is 5.82 Å². The zero-order valence-corrected chi connectivity index (χ0v) is 11.7. The van der Waals surface area contributed by atoms with Crippen LogP contribution in [0.15, 0.2) is 22.7 Å². The van der Waals surface area contributed by atoms with Gasteiger partial charge in [-0.25, -0.2) is 4.39 Å². The molecule has 1 aliphatic rings. The Morgan fingerprint density at radius 3 is 2.53 bits per heavy atom. The van der Waals surface area contributed by atoms with E-state index in [1.165, 1.54) is 6.07 Å². The number of hydrogen-bond donors (Lipinski definition) is 0. The van der Waals surface area contributed by atoms with Crippen LogP contribution in [0.2, 0.25) is 0 Å². The highest BCUT2D eigenvalue weighted by Crippen LogP contribution is 2.18. The zero-order chi connectivity index (χ0) is 12.4. The molecule has 0 aliphatic carbocycles. The lowest BCUT2D eigenvalue weighted by atomic mass is 10.1. The van der Waals surface area contributed by atoms with Crippen LogP contribution in [0.1, 0.15) is 19.4 Å². The second-order valence-corrected chi connectivity index (χ2v) is 5.64. The molecular weight excluding hydrogens is 285 g/mol. The summed E-state index contributed by atoms with van der Waals surface area (Å²) in [5.74, 6) is -0.191. The molecule has 1 saturated heterocycles. The maximum atomic E-state index is 13.3. The Hall–Kier alpha value is -0.450. The fourth-order valence-corrected chi connectivity index (χ4v) is 2.89. The number of halogens is 2. The predicted octanol–water partition coefficient (Wildman–Crippen LogP) is 3.20. The molecule has 0 N–H and O–H groups in total. The molecule has 1 aromatic carbocycles. The van der Waals surface area contributed by atoms with Gasteiger partial charge >= 0.3 is 0 Å². The summed E-state index contributed by atoms with van der Waals surface area (Å²) in [6, 6.07) is 5.04. The van der Waals surface area contributed by atoms with Gasteiger partial charge in [-0.3, -0.25) is 4.90 Å². The second-order valence-electron chi connectivity index (χ2n) is 4.73. The highest BCUT2D eigenvalue weighted by Gasteiger charge is 2.22. The number of benzene rings is 1. The molecule has 4 heteroatoms. The largest absolute Gasteiger partial charge is 0.373 e. The van der Waals surface area contributed by atoms with Gasteiger partial charge in [0.25, 0.3) is 0 Å². The molecule has 0 spiro atoms. The Bertz CT molecular complexity index is 369. The van der Waals surface area contributed by atoms with E-state index in [1.54, 1.807) is 6.07 Å². The first-order chi connectivity index (χ1) is 8.02. The topological polar surface area (TPSA) is 12.5 Å². The third-order valence-corrected chi connectivity index (χ3v) is 3.28. The van der Waals surface area contributed by atoms with Crippen molar-refractivity contribution in [2.24, 2.45) is 0 Å². The Balaban J connectivity index is 2.04. The summed E-state index contributed by atoms with van der Waals surface area (Å²) in [4.78, 5) is 2.31. The number of morpholine rings is 1. The van der Waals surface area contributed by atoms with E-state index in [9.17, 15) is 4.39 Å². The van der Waals surface area contributed by atoms with E-state index in [0.29, 0.717) is 0 Å². The van der Waals surface area contributed by atoms with Gasteiger partial charge < -0.3 is 4.74 Å². The SMILES string of the molecule is CC1CN(Cc2cc(F)cc(Br)c2)CC(C)O1. The van der Waals surface area contributed by atoms with Crippen LogP contribution >= 0.6 is 15.9 Å². The Morgan fingerprint density at radius 2 is 1.94 bits per heavy atom. The van der Waals surface area contributed by atoms with Gasteiger partial charge in [0.05, 0.1) is 12.2 Å². The Kier molecular flexibility index (Phi) is 4.17. The number of hydrogen-bond acceptors (Lipinski definition) is 2. The molecule has 17 heavy (non-hydrogen) atoms. The van der Waals surface area contributed by atoms with Gasteiger partial charge in [0.2, 0.25) is 0 Å². The molecule has 1 aromatic rings. The minimum atomic E-state index is -0.191. The Labute approximate surface area is 110 Å². The first-order valence-corrected chi connectivity index (χ1v) is 6.65. The number of rotatable bonds is 2. The van der Waals surface area contributed by atoms with Crippen molar-refractivity contribution in [2.45, 2.75) is 32.6 Å². The molecule has 2 rings (SSSR count). The third-order valence-electron chi connectivity index (χ3n) is 2.82. The van der Waals surface area contributed by atoms with Gasteiger partial charge in [0.15, 0.2) is 0 Å². The summed E-state index contributed by atoms with van der Waals surface area (Å²) in [6.45, 7) is 6.72. The first-order valence-electron chi connectivity index (χ1n) is 5.85. The molecule has 0 amide bonds. The highest BCUT2D eigenvalue weighted by molar-refractivity contribution is 9.10. The summed E-state index contributed by atoms with van der Waals surface area (Å²) in [6.07, 6.45) is 0.492. The fraction of sp³-hybridized carbons (Fsp3) is 0.538. The first kappa shape index (κ1) is 13.0. The van der Waals surface area contributed by atoms with Crippen molar-refractivity contribution < 1.29 is 9.13 Å². The van der Waals surface area contributed by atoms with Gasteiger partial charge in [-0.15, -0.1) is 0 Å². The van der Waals surface area contributed by atoms with Crippen LogP contribution in [0.3, 0.4) is 0 Å². The molecule has 0 aromatic heterocycles. The predicted molar refractivity (Wildman–Crippen MR) is 69.4 cm³/mol. The maximum absolute atomic E-state index is 13.3. The van der Waals surface area contributed by atoms with Gasteiger partial charge in [-0.2, -0.15) is 0 Å². The number of ether oxygens (including phenoxy) is 1. The van der Waals surface area contributed by atoms with Crippen LogP contribution in [0.25, 0.3) is 0 Å². The van der Waals surface area contributed by atoms with Crippen molar-refractivity contribution in [2.75, 3.05) is 13.1 Å². The van der Waals surface area contributed by atoms with Gasteiger partial charge in [-0.05, 0) is 37.6 Å². The van der Waals surface area contributed by atoms with Crippen LogP contribution in [-0.2, 0) is 11.3 Å². The molecule has 0 bridgehead atoms. The molecule has 0 saturated carbocycles. The summed E-state index contributed by atoms with van der Waals surface area (Å²) < 4.78 is 19.7. The van der Waals surface area contributed by atoms with E-state index in [2.05, 4.69) is 34.7 Å². The Morgan fingerprint density at radius 1 is 1.29 bits per heavy atom. The van der Waals surface area contributed by atoms with E-state index < -0.39 is 0 Å². The molecule has 0 radical (unpaired) electrons. The molecule has 2 unspecified atom stereocenters. The zero-order valence-electron chi connectivity index (χ0n) is 10.1. The molecule has 1 heterocycles. The maximum Gasteiger partial charge on any atom is 0.124 e. The molecule has 2 nitrogen and oxygen atoms in total. The molecular formula is C13H17BrFNO.